The van der Waals surface area contributed by atoms with E-state index in [0.29, 0.717) is 0 Å². The Labute approximate surface area is 147 Å². The van der Waals surface area contributed by atoms with Gasteiger partial charge in [0.15, 0.2) is 0 Å². The van der Waals surface area contributed by atoms with E-state index >= 15 is 0 Å². The molecule has 1 aliphatic rings. The summed E-state index contributed by atoms with van der Waals surface area (Å²) in [5.74, 6) is -0.478. The van der Waals surface area contributed by atoms with Gasteiger partial charge in [0.1, 0.15) is 0 Å². The number of anilines is 1. The molecule has 0 aliphatic carbocycles. The van der Waals surface area contributed by atoms with Crippen LogP contribution in [0.15, 0.2) is 54.6 Å². The van der Waals surface area contributed by atoms with E-state index in [0.717, 1.165) is 42.6 Å². The fraction of sp³-hybridized carbons (Fsp3) is 0.300. The molecule has 2 amide bonds. The number of carbonyl (C=O) groups is 2. The highest BCUT2D eigenvalue weighted by atomic mass is 16.2. The molecule has 1 aliphatic heterocycles. The Hall–Kier alpha value is -2.66. The van der Waals surface area contributed by atoms with Crippen LogP contribution in [-0.4, -0.2) is 35.8 Å². The summed E-state index contributed by atoms with van der Waals surface area (Å²) in [5.41, 5.74) is 8.26. The van der Waals surface area contributed by atoms with Crippen LogP contribution in [0.3, 0.4) is 0 Å². The fourth-order valence-corrected chi connectivity index (χ4v) is 3.34. The number of rotatable bonds is 5. The van der Waals surface area contributed by atoms with Crippen LogP contribution < -0.4 is 11.1 Å². The average Bonchev–Trinajstić information content (AvgIpc) is 2.63. The van der Waals surface area contributed by atoms with Crippen molar-refractivity contribution in [2.75, 3.05) is 18.4 Å². The molecule has 0 radical (unpaired) electrons. The predicted molar refractivity (Wildman–Crippen MR) is 98.9 cm³/mol. The molecular weight excluding hydrogens is 314 g/mol. The number of para-hydroxylation sites is 1. The lowest BCUT2D eigenvalue weighted by atomic mass is 10.0. The first-order valence-electron chi connectivity index (χ1n) is 8.63. The summed E-state index contributed by atoms with van der Waals surface area (Å²) in [6, 6.07) is 17.3. The minimum atomic E-state index is -0.350. The summed E-state index contributed by atoms with van der Waals surface area (Å²) in [5, 5.41) is 2.98. The highest BCUT2D eigenvalue weighted by Gasteiger charge is 2.28. The van der Waals surface area contributed by atoms with Gasteiger partial charge in [0, 0.05) is 11.3 Å². The molecule has 1 heterocycles. The number of nitrogens with zero attached hydrogens (tertiary/aromatic N) is 1. The monoisotopic (exact) mass is 337 g/mol. The maximum atomic E-state index is 12.5. The number of nitrogens with one attached hydrogen (secondary N) is 1. The molecule has 25 heavy (non-hydrogen) atoms. The first-order chi connectivity index (χ1) is 12.1. The van der Waals surface area contributed by atoms with Crippen molar-refractivity contribution >= 4 is 17.5 Å². The molecule has 0 aromatic heterocycles. The second-order valence-corrected chi connectivity index (χ2v) is 6.34. The van der Waals surface area contributed by atoms with Crippen LogP contribution >= 0.6 is 0 Å². The molecule has 3 N–H and O–H groups in total. The van der Waals surface area contributed by atoms with Crippen LogP contribution in [0.4, 0.5) is 5.69 Å². The van der Waals surface area contributed by atoms with Crippen LogP contribution in [0.2, 0.25) is 0 Å². The Balaban J connectivity index is 1.72. The summed E-state index contributed by atoms with van der Waals surface area (Å²) >= 11 is 0. The maximum Gasteiger partial charge on any atom is 0.238 e. The number of carbonyl (C=O) groups excluding carboxylic acids is 2. The van der Waals surface area contributed by atoms with Crippen molar-refractivity contribution in [3.05, 3.63) is 54.6 Å². The molecule has 5 nitrogen and oxygen atoms in total. The summed E-state index contributed by atoms with van der Waals surface area (Å²) in [7, 11) is 0. The van der Waals surface area contributed by atoms with E-state index in [1.54, 1.807) is 0 Å². The van der Waals surface area contributed by atoms with Crippen LogP contribution in [0.5, 0.6) is 0 Å². The van der Waals surface area contributed by atoms with Gasteiger partial charge in [-0.3, -0.25) is 14.5 Å². The largest absolute Gasteiger partial charge is 0.368 e. The third-order valence-electron chi connectivity index (χ3n) is 4.57. The molecule has 0 saturated carbocycles. The van der Waals surface area contributed by atoms with Gasteiger partial charge in [0.05, 0.1) is 12.6 Å². The molecule has 1 saturated heterocycles. The summed E-state index contributed by atoms with van der Waals surface area (Å²) < 4.78 is 0. The lowest BCUT2D eigenvalue weighted by Crippen LogP contribution is -2.50. The van der Waals surface area contributed by atoms with E-state index in [1.807, 2.05) is 59.5 Å². The standard InChI is InChI=1S/C20H23N3O2/c21-20(25)18-12-6-7-13-23(18)14-19(24)22-17-11-5-4-10-16(17)15-8-2-1-3-9-15/h1-5,8-11,18H,6-7,12-14H2,(H2,21,25)(H,22,24)/t18-/m1/s1. The van der Waals surface area contributed by atoms with Crippen molar-refractivity contribution in [3.63, 3.8) is 0 Å². The van der Waals surface area contributed by atoms with Gasteiger partial charge in [-0.2, -0.15) is 0 Å². The smallest absolute Gasteiger partial charge is 0.238 e. The van der Waals surface area contributed by atoms with E-state index < -0.39 is 0 Å². The Morgan fingerprint density at radius 2 is 1.76 bits per heavy atom. The fourth-order valence-electron chi connectivity index (χ4n) is 3.34. The molecule has 2 aromatic carbocycles. The maximum absolute atomic E-state index is 12.5. The van der Waals surface area contributed by atoms with Crippen molar-refractivity contribution in [3.8, 4) is 11.1 Å². The van der Waals surface area contributed by atoms with Gasteiger partial charge >= 0.3 is 0 Å². The van der Waals surface area contributed by atoms with Crippen LogP contribution in [0.1, 0.15) is 19.3 Å². The van der Waals surface area contributed by atoms with E-state index in [2.05, 4.69) is 5.32 Å². The quantitative estimate of drug-likeness (QED) is 0.881. The minimum Gasteiger partial charge on any atom is -0.368 e. The van der Waals surface area contributed by atoms with Gasteiger partial charge in [0.2, 0.25) is 11.8 Å². The van der Waals surface area contributed by atoms with Crippen LogP contribution in [0, 0.1) is 0 Å². The zero-order valence-electron chi connectivity index (χ0n) is 14.2. The van der Waals surface area contributed by atoms with Crippen molar-refractivity contribution in [2.45, 2.75) is 25.3 Å². The molecule has 0 bridgehead atoms. The van der Waals surface area contributed by atoms with Crippen molar-refractivity contribution < 1.29 is 9.59 Å². The number of amides is 2. The van der Waals surface area contributed by atoms with Gasteiger partial charge in [0.25, 0.3) is 0 Å². The van der Waals surface area contributed by atoms with Gasteiger partial charge < -0.3 is 11.1 Å². The SMILES string of the molecule is NC(=O)[C@H]1CCCCN1CC(=O)Nc1ccccc1-c1ccccc1. The molecule has 130 valence electrons. The van der Waals surface area contributed by atoms with E-state index in [-0.39, 0.29) is 24.4 Å². The second-order valence-electron chi connectivity index (χ2n) is 6.34. The Morgan fingerprint density at radius 3 is 2.52 bits per heavy atom. The van der Waals surface area contributed by atoms with Crippen molar-refractivity contribution in [1.82, 2.24) is 4.90 Å². The Morgan fingerprint density at radius 1 is 1.04 bits per heavy atom. The van der Waals surface area contributed by atoms with Crippen LogP contribution in [-0.2, 0) is 9.59 Å². The predicted octanol–water partition coefficient (Wildman–Crippen LogP) is 2.63. The van der Waals surface area contributed by atoms with Crippen molar-refractivity contribution in [1.29, 1.82) is 0 Å². The number of benzene rings is 2. The Bertz CT molecular complexity index is 746. The first kappa shape index (κ1) is 17.2. The van der Waals surface area contributed by atoms with Crippen molar-refractivity contribution in [2.24, 2.45) is 5.73 Å². The summed E-state index contributed by atoms with van der Waals surface area (Å²) in [4.78, 5) is 26.0. The molecular formula is C20H23N3O2. The van der Waals surface area contributed by atoms with Gasteiger partial charge in [-0.1, -0.05) is 55.0 Å². The number of likely N-dealkylation sites (tertiary alicyclic amines) is 1. The normalized spacial score (nSPS) is 17.8. The average molecular weight is 337 g/mol. The van der Waals surface area contributed by atoms with E-state index in [9.17, 15) is 9.59 Å². The van der Waals surface area contributed by atoms with Crippen LogP contribution in [0.25, 0.3) is 11.1 Å². The summed E-state index contributed by atoms with van der Waals surface area (Å²) in [6.45, 7) is 0.901. The zero-order valence-corrected chi connectivity index (χ0v) is 14.2. The molecule has 1 atom stereocenters. The first-order valence-corrected chi connectivity index (χ1v) is 8.63. The summed E-state index contributed by atoms with van der Waals surface area (Å²) in [6.07, 6.45) is 2.68. The molecule has 3 rings (SSSR count). The number of hydrogen-bond donors (Lipinski definition) is 2. The number of piperidine rings is 1. The molecule has 0 unspecified atom stereocenters. The van der Waals surface area contributed by atoms with E-state index in [1.165, 1.54) is 0 Å². The third-order valence-corrected chi connectivity index (χ3v) is 4.57. The molecule has 1 fully saturated rings. The van der Waals surface area contributed by atoms with E-state index in [4.69, 9.17) is 5.73 Å². The second kappa shape index (κ2) is 7.94. The van der Waals surface area contributed by atoms with Gasteiger partial charge in [-0.15, -0.1) is 0 Å². The minimum absolute atomic E-state index is 0.128. The molecule has 5 heteroatoms. The lowest BCUT2D eigenvalue weighted by Gasteiger charge is -2.32. The lowest BCUT2D eigenvalue weighted by molar-refractivity contribution is -0.126. The topological polar surface area (TPSA) is 75.4 Å². The number of nitrogens with two attached hydrogens (primary N) is 1. The zero-order chi connectivity index (χ0) is 17.6. The number of hydrogen-bond acceptors (Lipinski definition) is 3. The Kier molecular flexibility index (Phi) is 5.46. The van der Waals surface area contributed by atoms with Gasteiger partial charge in [-0.05, 0) is 31.0 Å². The third kappa shape index (κ3) is 4.25. The highest BCUT2D eigenvalue weighted by Crippen LogP contribution is 2.27. The molecule has 0 spiro atoms. The van der Waals surface area contributed by atoms with Gasteiger partial charge in [-0.25, -0.2) is 0 Å². The highest BCUT2D eigenvalue weighted by molar-refractivity contribution is 5.97. The number of primary amides is 1. The molecule has 2 aromatic rings.